The summed E-state index contributed by atoms with van der Waals surface area (Å²) in [6.07, 6.45) is 3.26. The smallest absolute Gasteiger partial charge is 0.257 e. The number of rotatable bonds is 7. The molecule has 1 amide bonds. The van der Waals surface area contributed by atoms with Crippen LogP contribution in [0.5, 0.6) is 11.5 Å². The second kappa shape index (κ2) is 8.66. The van der Waals surface area contributed by atoms with Crippen molar-refractivity contribution in [2.75, 3.05) is 24.9 Å². The predicted octanol–water partition coefficient (Wildman–Crippen LogP) is 3.36. The summed E-state index contributed by atoms with van der Waals surface area (Å²) >= 11 is 0. The molecular formula is C20H20N4O3. The first-order valence-electron chi connectivity index (χ1n) is 8.33. The third-order valence-electron chi connectivity index (χ3n) is 3.86. The lowest BCUT2D eigenvalue weighted by molar-refractivity contribution is 0.102. The Kier molecular flexibility index (Phi) is 5.84. The van der Waals surface area contributed by atoms with Crippen LogP contribution in [-0.2, 0) is 6.54 Å². The number of carbonyl (C=O) groups is 1. The molecule has 3 aromatic rings. The van der Waals surface area contributed by atoms with E-state index in [0.717, 1.165) is 5.69 Å². The van der Waals surface area contributed by atoms with Crippen molar-refractivity contribution in [3.05, 3.63) is 72.2 Å². The molecule has 0 unspecified atom stereocenters. The number of anilines is 2. The number of amides is 1. The molecule has 27 heavy (non-hydrogen) atoms. The van der Waals surface area contributed by atoms with Crippen molar-refractivity contribution >= 4 is 17.4 Å². The number of benzene rings is 1. The number of pyridine rings is 2. The number of nitrogens with one attached hydrogen (secondary N) is 2. The second-order valence-corrected chi connectivity index (χ2v) is 5.63. The first kappa shape index (κ1) is 18.2. The van der Waals surface area contributed by atoms with Crippen LogP contribution in [0.15, 0.2) is 60.9 Å². The molecule has 0 bridgehead atoms. The molecule has 0 saturated heterocycles. The molecule has 7 heteroatoms. The fraction of sp³-hybridized carbons (Fsp3) is 0.150. The summed E-state index contributed by atoms with van der Waals surface area (Å²) in [7, 11) is 3.11. The topological polar surface area (TPSA) is 85.4 Å². The quantitative estimate of drug-likeness (QED) is 0.669. The summed E-state index contributed by atoms with van der Waals surface area (Å²) in [5, 5.41) is 5.98. The lowest BCUT2D eigenvalue weighted by Crippen LogP contribution is -2.13. The van der Waals surface area contributed by atoms with Gasteiger partial charge in [-0.2, -0.15) is 0 Å². The van der Waals surface area contributed by atoms with Gasteiger partial charge in [0.2, 0.25) is 0 Å². The number of hydrogen-bond donors (Lipinski definition) is 2. The summed E-state index contributed by atoms with van der Waals surface area (Å²) in [4.78, 5) is 21.0. The average molecular weight is 364 g/mol. The van der Waals surface area contributed by atoms with Gasteiger partial charge in [-0.1, -0.05) is 6.07 Å². The Hall–Kier alpha value is -3.61. The minimum absolute atomic E-state index is 0.276. The van der Waals surface area contributed by atoms with Gasteiger partial charge >= 0.3 is 0 Å². The third kappa shape index (κ3) is 4.72. The normalized spacial score (nSPS) is 10.1. The third-order valence-corrected chi connectivity index (χ3v) is 3.86. The molecule has 0 aliphatic rings. The van der Waals surface area contributed by atoms with Gasteiger partial charge in [0.1, 0.15) is 17.3 Å². The molecule has 0 spiro atoms. The van der Waals surface area contributed by atoms with Crippen LogP contribution in [0.1, 0.15) is 16.1 Å². The average Bonchev–Trinajstić information content (AvgIpc) is 2.73. The summed E-state index contributed by atoms with van der Waals surface area (Å²) in [6.45, 7) is 0.558. The van der Waals surface area contributed by atoms with Gasteiger partial charge in [-0.05, 0) is 36.4 Å². The van der Waals surface area contributed by atoms with Gasteiger partial charge in [0, 0.05) is 18.5 Å². The van der Waals surface area contributed by atoms with E-state index >= 15 is 0 Å². The van der Waals surface area contributed by atoms with E-state index in [2.05, 4.69) is 20.6 Å². The van der Waals surface area contributed by atoms with Gasteiger partial charge in [-0.15, -0.1) is 0 Å². The van der Waals surface area contributed by atoms with Crippen molar-refractivity contribution in [2.24, 2.45) is 0 Å². The zero-order valence-corrected chi connectivity index (χ0v) is 15.1. The van der Waals surface area contributed by atoms with E-state index in [9.17, 15) is 4.79 Å². The first-order valence-corrected chi connectivity index (χ1v) is 8.33. The van der Waals surface area contributed by atoms with Crippen molar-refractivity contribution < 1.29 is 14.3 Å². The number of hydrogen-bond acceptors (Lipinski definition) is 6. The van der Waals surface area contributed by atoms with Crippen molar-refractivity contribution in [3.63, 3.8) is 0 Å². The van der Waals surface area contributed by atoms with Crippen molar-refractivity contribution in [1.29, 1.82) is 0 Å². The Morgan fingerprint density at radius 2 is 1.93 bits per heavy atom. The monoisotopic (exact) mass is 364 g/mol. The zero-order valence-electron chi connectivity index (χ0n) is 15.1. The van der Waals surface area contributed by atoms with Crippen molar-refractivity contribution in [1.82, 2.24) is 9.97 Å². The molecule has 0 saturated carbocycles. The van der Waals surface area contributed by atoms with Crippen LogP contribution in [0, 0.1) is 0 Å². The predicted molar refractivity (Wildman–Crippen MR) is 103 cm³/mol. The van der Waals surface area contributed by atoms with Crippen molar-refractivity contribution in [2.45, 2.75) is 6.54 Å². The van der Waals surface area contributed by atoms with E-state index in [1.54, 1.807) is 43.6 Å². The summed E-state index contributed by atoms with van der Waals surface area (Å²) in [5.41, 5.74) is 1.91. The number of methoxy groups -OCH3 is 2. The van der Waals surface area contributed by atoms with E-state index in [0.29, 0.717) is 35.1 Å². The Morgan fingerprint density at radius 1 is 1.04 bits per heavy atom. The van der Waals surface area contributed by atoms with Crippen molar-refractivity contribution in [3.8, 4) is 11.5 Å². The maximum atomic E-state index is 12.5. The number of ether oxygens (including phenoxy) is 2. The molecule has 2 N–H and O–H groups in total. The van der Waals surface area contributed by atoms with Gasteiger partial charge in [0.15, 0.2) is 0 Å². The van der Waals surface area contributed by atoms with Crippen LogP contribution in [0.25, 0.3) is 0 Å². The van der Waals surface area contributed by atoms with E-state index in [1.165, 1.54) is 13.3 Å². The van der Waals surface area contributed by atoms with Crippen LogP contribution in [0.3, 0.4) is 0 Å². The molecule has 138 valence electrons. The van der Waals surface area contributed by atoms with E-state index in [-0.39, 0.29) is 5.91 Å². The van der Waals surface area contributed by atoms with Gasteiger partial charge in [-0.3, -0.25) is 9.78 Å². The molecule has 0 atom stereocenters. The molecule has 1 aromatic carbocycles. The number of nitrogens with zero attached hydrogens (tertiary/aromatic N) is 2. The van der Waals surface area contributed by atoms with Gasteiger partial charge < -0.3 is 20.1 Å². The molecule has 2 aromatic heterocycles. The Bertz CT molecular complexity index is 899. The van der Waals surface area contributed by atoms with E-state index < -0.39 is 0 Å². The highest BCUT2D eigenvalue weighted by Gasteiger charge is 2.11. The molecular weight excluding hydrogens is 344 g/mol. The van der Waals surface area contributed by atoms with Gasteiger partial charge in [0.05, 0.1) is 37.7 Å². The highest BCUT2D eigenvalue weighted by molar-refractivity contribution is 6.05. The summed E-state index contributed by atoms with van der Waals surface area (Å²) in [5.74, 6) is 1.56. The van der Waals surface area contributed by atoms with Crippen LogP contribution >= 0.6 is 0 Å². The highest BCUT2D eigenvalue weighted by Crippen LogP contribution is 2.29. The molecule has 0 radical (unpaired) electrons. The lowest BCUT2D eigenvalue weighted by Gasteiger charge is -2.12. The first-order chi connectivity index (χ1) is 13.2. The van der Waals surface area contributed by atoms with Crippen LogP contribution < -0.4 is 20.1 Å². The molecule has 2 heterocycles. The fourth-order valence-corrected chi connectivity index (χ4v) is 2.41. The second-order valence-electron chi connectivity index (χ2n) is 5.63. The van der Waals surface area contributed by atoms with E-state index in [4.69, 9.17) is 9.47 Å². The maximum Gasteiger partial charge on any atom is 0.257 e. The van der Waals surface area contributed by atoms with Crippen LogP contribution in [0.2, 0.25) is 0 Å². The molecule has 0 aliphatic heterocycles. The van der Waals surface area contributed by atoms with Crippen LogP contribution in [0.4, 0.5) is 11.5 Å². The van der Waals surface area contributed by atoms with Gasteiger partial charge in [0.25, 0.3) is 5.91 Å². The minimum atomic E-state index is -0.276. The lowest BCUT2D eigenvalue weighted by atomic mass is 10.2. The SMILES string of the molecule is COc1ccc(NC(=O)c2ccc(NCc3ccccn3)nc2)c(OC)c1. The Labute approximate surface area is 157 Å². The largest absolute Gasteiger partial charge is 0.497 e. The number of carbonyl (C=O) groups excluding carboxylic acids is 1. The Balaban J connectivity index is 1.64. The summed E-state index contributed by atoms with van der Waals surface area (Å²) in [6, 6.07) is 14.4. The van der Waals surface area contributed by atoms with E-state index in [1.807, 2.05) is 18.2 Å². The molecule has 7 nitrogen and oxygen atoms in total. The molecule has 0 fully saturated rings. The molecule has 3 rings (SSSR count). The minimum Gasteiger partial charge on any atom is -0.497 e. The number of aromatic nitrogens is 2. The zero-order chi connectivity index (χ0) is 19.1. The maximum absolute atomic E-state index is 12.5. The fourth-order valence-electron chi connectivity index (χ4n) is 2.41. The molecule has 0 aliphatic carbocycles. The standard InChI is InChI=1S/C20H20N4O3/c1-26-16-7-8-17(18(11-16)27-2)24-20(25)14-6-9-19(22-12-14)23-13-15-5-3-4-10-21-15/h3-12H,13H2,1-2H3,(H,22,23)(H,24,25). The Morgan fingerprint density at radius 3 is 2.59 bits per heavy atom. The van der Waals surface area contributed by atoms with Gasteiger partial charge in [-0.25, -0.2) is 4.98 Å². The highest BCUT2D eigenvalue weighted by atomic mass is 16.5. The summed E-state index contributed by atoms with van der Waals surface area (Å²) < 4.78 is 10.4. The van der Waals surface area contributed by atoms with Crippen LogP contribution in [-0.4, -0.2) is 30.1 Å².